The average molecular weight is 819 g/mol. The van der Waals surface area contributed by atoms with Crippen LogP contribution in [-0.4, -0.2) is 17.2 Å². The summed E-state index contributed by atoms with van der Waals surface area (Å²) < 4.78 is 4.98. The molecule has 0 atom stereocenters. The first-order chi connectivity index (χ1) is 31.3. The SMILES string of the molecule is c1ccc(-c2cccc(-n3c4ccccc4c4ccc(-n5c6ccccc6c6c([Si](c7ccccc7)(c7ccccc7)c7ccccc7)cc(-c7ccccc7)cc65)cc43)c2)cc1. The third-order valence-electron chi connectivity index (χ3n) is 13.0. The van der Waals surface area contributed by atoms with E-state index < -0.39 is 8.07 Å². The van der Waals surface area contributed by atoms with Gasteiger partial charge in [-0.25, -0.2) is 0 Å². The molecule has 0 aliphatic rings. The van der Waals surface area contributed by atoms with Crippen molar-refractivity contribution in [2.75, 3.05) is 0 Å². The van der Waals surface area contributed by atoms with Crippen LogP contribution in [0.4, 0.5) is 0 Å². The predicted molar refractivity (Wildman–Crippen MR) is 270 cm³/mol. The maximum atomic E-state index is 2.54. The lowest BCUT2D eigenvalue weighted by Crippen LogP contribution is -2.74. The Kier molecular flexibility index (Phi) is 8.87. The van der Waals surface area contributed by atoms with E-state index in [0.717, 1.165) is 11.4 Å². The molecule has 10 aromatic carbocycles. The largest absolute Gasteiger partial charge is 0.309 e. The van der Waals surface area contributed by atoms with Crippen molar-refractivity contribution in [2.45, 2.75) is 0 Å². The summed E-state index contributed by atoms with van der Waals surface area (Å²) in [5, 5.41) is 10.5. The molecule has 0 fully saturated rings. The van der Waals surface area contributed by atoms with E-state index >= 15 is 0 Å². The van der Waals surface area contributed by atoms with Gasteiger partial charge in [0.1, 0.15) is 0 Å². The first-order valence-electron chi connectivity index (χ1n) is 21.8. The van der Waals surface area contributed by atoms with Crippen LogP contribution in [0.3, 0.4) is 0 Å². The van der Waals surface area contributed by atoms with Gasteiger partial charge in [0.15, 0.2) is 8.07 Å². The second kappa shape index (κ2) is 15.2. The third kappa shape index (κ3) is 5.93. The van der Waals surface area contributed by atoms with Gasteiger partial charge < -0.3 is 9.13 Å². The molecule has 0 bridgehead atoms. The van der Waals surface area contributed by atoms with E-state index in [1.165, 1.54) is 86.6 Å². The lowest BCUT2D eigenvalue weighted by Gasteiger charge is -2.35. The number of benzene rings is 10. The molecule has 12 rings (SSSR count). The van der Waals surface area contributed by atoms with E-state index in [1.807, 2.05) is 0 Å². The number of hydrogen-bond donors (Lipinski definition) is 0. The maximum absolute atomic E-state index is 3.00. The molecule has 0 saturated heterocycles. The van der Waals surface area contributed by atoms with Crippen LogP contribution in [0.5, 0.6) is 0 Å². The molecular formula is C60H42N2Si. The van der Waals surface area contributed by atoms with Crippen LogP contribution in [0.1, 0.15) is 0 Å². The Bertz CT molecular complexity index is 3500. The molecule has 0 amide bonds. The molecule has 0 radical (unpaired) electrons. The van der Waals surface area contributed by atoms with Gasteiger partial charge in [-0.05, 0) is 85.5 Å². The molecule has 0 N–H and O–H groups in total. The standard InChI is InChI=1S/C60H42N2Si/c1-6-21-43(22-7-1)45-25-20-26-47(39-45)61-55-35-18-16-33-52(55)53-38-37-48(42-57(53)61)62-56-36-19-17-34-54(56)60-58(62)40-46(44-23-8-2-9-24-44)41-59(60)63(49-27-10-3-11-28-49,50-29-12-4-13-30-50)51-31-14-5-15-32-51/h1-42H. The Balaban J connectivity index is 1.21. The van der Waals surface area contributed by atoms with Gasteiger partial charge in [-0.3, -0.25) is 0 Å². The number of hydrogen-bond acceptors (Lipinski definition) is 0. The summed E-state index contributed by atoms with van der Waals surface area (Å²) in [4.78, 5) is 0. The topological polar surface area (TPSA) is 9.86 Å². The predicted octanol–water partition coefficient (Wildman–Crippen LogP) is 12.6. The molecule has 63 heavy (non-hydrogen) atoms. The monoisotopic (exact) mass is 818 g/mol. The molecule has 12 aromatic rings. The normalized spacial score (nSPS) is 11.8. The third-order valence-corrected chi connectivity index (χ3v) is 17.8. The van der Waals surface area contributed by atoms with E-state index in [9.17, 15) is 0 Å². The van der Waals surface area contributed by atoms with Gasteiger partial charge >= 0.3 is 0 Å². The molecule has 0 spiro atoms. The van der Waals surface area contributed by atoms with E-state index in [-0.39, 0.29) is 0 Å². The van der Waals surface area contributed by atoms with Crippen molar-refractivity contribution < 1.29 is 0 Å². The number of rotatable bonds is 8. The van der Waals surface area contributed by atoms with Crippen molar-refractivity contribution in [2.24, 2.45) is 0 Å². The van der Waals surface area contributed by atoms with Crippen molar-refractivity contribution in [1.82, 2.24) is 9.13 Å². The highest BCUT2D eigenvalue weighted by Crippen LogP contribution is 2.39. The summed E-state index contributed by atoms with van der Waals surface area (Å²) in [6.45, 7) is 0. The van der Waals surface area contributed by atoms with Gasteiger partial charge in [-0.1, -0.05) is 212 Å². The molecule has 0 saturated carbocycles. The zero-order chi connectivity index (χ0) is 41.7. The lowest BCUT2D eigenvalue weighted by atomic mass is 10.0. The summed E-state index contributed by atoms with van der Waals surface area (Å²) >= 11 is 0. The van der Waals surface area contributed by atoms with Gasteiger partial charge in [-0.15, -0.1) is 0 Å². The van der Waals surface area contributed by atoms with Crippen molar-refractivity contribution in [3.63, 3.8) is 0 Å². The number of para-hydroxylation sites is 2. The van der Waals surface area contributed by atoms with Gasteiger partial charge in [0.25, 0.3) is 0 Å². The molecule has 3 heteroatoms. The van der Waals surface area contributed by atoms with Crippen LogP contribution in [0.2, 0.25) is 0 Å². The molecule has 0 aliphatic heterocycles. The van der Waals surface area contributed by atoms with E-state index in [2.05, 4.69) is 264 Å². The van der Waals surface area contributed by atoms with Gasteiger partial charge in [0.2, 0.25) is 0 Å². The minimum atomic E-state index is -3.00. The second-order valence-electron chi connectivity index (χ2n) is 16.5. The van der Waals surface area contributed by atoms with Crippen LogP contribution in [0.15, 0.2) is 255 Å². The molecule has 2 nitrogen and oxygen atoms in total. The highest BCUT2D eigenvalue weighted by atomic mass is 28.3. The second-order valence-corrected chi connectivity index (χ2v) is 20.2. The zero-order valence-corrected chi connectivity index (χ0v) is 35.6. The summed E-state index contributed by atoms with van der Waals surface area (Å²) in [5.74, 6) is 0. The minimum absolute atomic E-state index is 1.12. The molecule has 0 unspecified atom stereocenters. The van der Waals surface area contributed by atoms with E-state index in [4.69, 9.17) is 0 Å². The summed E-state index contributed by atoms with van der Waals surface area (Å²) in [7, 11) is -3.00. The van der Waals surface area contributed by atoms with Crippen molar-refractivity contribution in [3.8, 4) is 33.6 Å². The van der Waals surface area contributed by atoms with Crippen LogP contribution in [0, 0.1) is 0 Å². The number of fused-ring (bicyclic) bond motifs is 6. The Hall–Kier alpha value is -7.98. The fourth-order valence-electron chi connectivity index (χ4n) is 10.3. The Labute approximate surface area is 368 Å². The quantitative estimate of drug-likeness (QED) is 0.107. The Morgan fingerprint density at radius 3 is 1.30 bits per heavy atom. The fourth-order valence-corrected chi connectivity index (χ4v) is 15.3. The van der Waals surface area contributed by atoms with Crippen LogP contribution < -0.4 is 20.7 Å². The lowest BCUT2D eigenvalue weighted by molar-refractivity contribution is 1.15. The molecule has 2 heterocycles. The number of aromatic nitrogens is 2. The smallest absolute Gasteiger partial charge is 0.180 e. The van der Waals surface area contributed by atoms with Crippen molar-refractivity contribution in [1.29, 1.82) is 0 Å². The summed E-state index contributed by atoms with van der Waals surface area (Å²) in [6, 6.07) is 94.4. The Morgan fingerprint density at radius 2 is 0.698 bits per heavy atom. The molecule has 0 aliphatic carbocycles. The van der Waals surface area contributed by atoms with Gasteiger partial charge in [0.05, 0.1) is 22.1 Å². The van der Waals surface area contributed by atoms with Gasteiger partial charge in [0, 0.05) is 32.9 Å². The molecular weight excluding hydrogens is 777 g/mol. The number of nitrogens with zero attached hydrogens (tertiary/aromatic N) is 2. The Morgan fingerprint density at radius 1 is 0.254 bits per heavy atom. The first-order valence-corrected chi connectivity index (χ1v) is 23.8. The van der Waals surface area contributed by atoms with Crippen LogP contribution >= 0.6 is 0 Å². The maximum Gasteiger partial charge on any atom is 0.180 e. The average Bonchev–Trinajstić information content (AvgIpc) is 3.88. The summed E-state index contributed by atoms with van der Waals surface area (Å²) in [6.07, 6.45) is 0. The van der Waals surface area contributed by atoms with Gasteiger partial charge in [-0.2, -0.15) is 0 Å². The molecule has 2 aromatic heterocycles. The fraction of sp³-hybridized carbons (Fsp3) is 0. The highest BCUT2D eigenvalue weighted by Gasteiger charge is 2.43. The van der Waals surface area contributed by atoms with Crippen molar-refractivity contribution >= 4 is 72.4 Å². The molecule has 296 valence electrons. The minimum Gasteiger partial charge on any atom is -0.309 e. The van der Waals surface area contributed by atoms with E-state index in [0.29, 0.717) is 0 Å². The first kappa shape index (κ1) is 36.8. The van der Waals surface area contributed by atoms with E-state index in [1.54, 1.807) is 0 Å². The van der Waals surface area contributed by atoms with Crippen LogP contribution in [0.25, 0.3) is 77.2 Å². The van der Waals surface area contributed by atoms with Crippen molar-refractivity contribution in [3.05, 3.63) is 255 Å². The zero-order valence-electron chi connectivity index (χ0n) is 34.6. The highest BCUT2D eigenvalue weighted by molar-refractivity contribution is 7.20. The summed E-state index contributed by atoms with van der Waals surface area (Å²) in [5.41, 5.74) is 11.8. The van der Waals surface area contributed by atoms with Crippen LogP contribution in [-0.2, 0) is 0 Å².